The number of fused-ring (bicyclic) bond motifs is 2. The third-order valence-corrected chi connectivity index (χ3v) is 8.50. The van der Waals surface area contributed by atoms with Gasteiger partial charge in [0.15, 0.2) is 17.7 Å². The van der Waals surface area contributed by atoms with Crippen molar-refractivity contribution in [1.82, 2.24) is 24.3 Å². The topological polar surface area (TPSA) is 104 Å². The lowest BCUT2D eigenvalue weighted by molar-refractivity contribution is -0.160. The summed E-state index contributed by atoms with van der Waals surface area (Å²) >= 11 is 0. The van der Waals surface area contributed by atoms with Crippen molar-refractivity contribution in [3.8, 4) is 39.4 Å². The van der Waals surface area contributed by atoms with Gasteiger partial charge in [0, 0.05) is 64.9 Å². The molecule has 1 atom stereocenters. The fourth-order valence-corrected chi connectivity index (χ4v) is 6.44. The van der Waals surface area contributed by atoms with Crippen LogP contribution in [0.1, 0.15) is 69.0 Å². The van der Waals surface area contributed by atoms with Crippen LogP contribution < -0.4 is 4.74 Å². The molecule has 6 rings (SSSR count). The lowest BCUT2D eigenvalue weighted by Gasteiger charge is -2.29. The lowest BCUT2D eigenvalue weighted by atomic mass is 9.86. The average Bonchev–Trinajstić information content (AvgIpc) is 3.61. The highest BCUT2D eigenvalue weighted by atomic mass is 19.1. The van der Waals surface area contributed by atoms with Gasteiger partial charge in [-0.15, -0.1) is 0 Å². The van der Waals surface area contributed by atoms with E-state index in [4.69, 9.17) is 14.5 Å². The molecule has 1 aliphatic heterocycles. The van der Waals surface area contributed by atoms with Crippen molar-refractivity contribution in [2.45, 2.75) is 79.1 Å². The maximum atomic E-state index is 15.8. The number of aryl methyl sites for hydroxylation is 3. The third-order valence-electron chi connectivity index (χ3n) is 8.50. The van der Waals surface area contributed by atoms with E-state index in [1.54, 1.807) is 13.1 Å². The highest BCUT2D eigenvalue weighted by Gasteiger charge is 2.34. The number of pyridine rings is 2. The fraction of sp³-hybridized carbons (Fsp3) is 0.389. The van der Waals surface area contributed by atoms with Gasteiger partial charge in [-0.25, -0.2) is 14.2 Å². The minimum atomic E-state index is -1.34. The largest absolute Gasteiger partial charge is 0.490 e. The summed E-state index contributed by atoms with van der Waals surface area (Å²) in [6.45, 7) is 12.6. The number of carbonyl (C=O) groups is 1. The summed E-state index contributed by atoms with van der Waals surface area (Å²) in [4.78, 5) is 22.4. The van der Waals surface area contributed by atoms with E-state index in [1.165, 1.54) is 6.07 Å². The van der Waals surface area contributed by atoms with Gasteiger partial charge in [-0.1, -0.05) is 6.92 Å². The second-order valence-corrected chi connectivity index (χ2v) is 13.0. The van der Waals surface area contributed by atoms with Crippen LogP contribution in [0.3, 0.4) is 0 Å². The molecule has 0 radical (unpaired) electrons. The normalized spacial score (nSPS) is 13.9. The monoisotopic (exact) mass is 625 g/mol. The molecule has 0 unspecified atom stereocenters. The molecule has 240 valence electrons. The lowest BCUT2D eigenvalue weighted by Crippen LogP contribution is -2.28. The van der Waals surface area contributed by atoms with Gasteiger partial charge < -0.3 is 19.1 Å². The molecule has 0 amide bonds. The van der Waals surface area contributed by atoms with Gasteiger partial charge in [-0.05, 0) is 89.3 Å². The van der Waals surface area contributed by atoms with E-state index in [2.05, 4.69) is 17.0 Å². The Balaban J connectivity index is 1.63. The molecule has 1 aliphatic rings. The number of benzene rings is 1. The van der Waals surface area contributed by atoms with Crippen LogP contribution in [0, 0.1) is 19.7 Å². The number of carboxylic acid groups (broad SMARTS) is 1. The van der Waals surface area contributed by atoms with Crippen molar-refractivity contribution >= 4 is 17.0 Å². The number of rotatable bonds is 8. The Kier molecular flexibility index (Phi) is 8.18. The summed E-state index contributed by atoms with van der Waals surface area (Å²) in [6, 6.07) is 7.42. The molecule has 9 nitrogen and oxygen atoms in total. The molecule has 10 heteroatoms. The first-order valence-corrected chi connectivity index (χ1v) is 15.7. The van der Waals surface area contributed by atoms with E-state index in [0.29, 0.717) is 46.4 Å². The molecule has 0 saturated carbocycles. The zero-order chi connectivity index (χ0) is 32.9. The van der Waals surface area contributed by atoms with Gasteiger partial charge in [0.1, 0.15) is 5.65 Å². The summed E-state index contributed by atoms with van der Waals surface area (Å²) < 4.78 is 31.6. The Morgan fingerprint density at radius 2 is 1.98 bits per heavy atom. The van der Waals surface area contributed by atoms with E-state index in [-0.39, 0.29) is 5.75 Å². The minimum absolute atomic E-state index is 0.275. The third kappa shape index (κ3) is 5.66. The van der Waals surface area contributed by atoms with Crippen LogP contribution in [0.2, 0.25) is 0 Å². The highest BCUT2D eigenvalue weighted by molar-refractivity contribution is 6.01. The van der Waals surface area contributed by atoms with Crippen LogP contribution >= 0.6 is 0 Å². The molecule has 1 aromatic carbocycles. The Hall–Kier alpha value is -4.57. The smallest absolute Gasteiger partial charge is 0.337 e. The summed E-state index contributed by atoms with van der Waals surface area (Å²) in [5.41, 5.74) is 7.10. The first-order valence-electron chi connectivity index (χ1n) is 15.7. The van der Waals surface area contributed by atoms with Crippen molar-refractivity contribution in [1.29, 1.82) is 0 Å². The van der Waals surface area contributed by atoms with E-state index < -0.39 is 23.5 Å². The second kappa shape index (κ2) is 12.0. The molecule has 5 heterocycles. The summed E-state index contributed by atoms with van der Waals surface area (Å²) in [5.74, 6) is -1.33. The van der Waals surface area contributed by atoms with Gasteiger partial charge in [0.25, 0.3) is 0 Å². The fourth-order valence-electron chi connectivity index (χ4n) is 6.44. The zero-order valence-corrected chi connectivity index (χ0v) is 27.4. The van der Waals surface area contributed by atoms with Crippen molar-refractivity contribution in [2.24, 2.45) is 7.05 Å². The van der Waals surface area contributed by atoms with Gasteiger partial charge in [0.2, 0.25) is 0 Å². The Morgan fingerprint density at radius 1 is 1.20 bits per heavy atom. The summed E-state index contributed by atoms with van der Waals surface area (Å²) in [6.07, 6.45) is 6.66. The average molecular weight is 626 g/mol. The van der Waals surface area contributed by atoms with Crippen LogP contribution in [0.5, 0.6) is 5.75 Å². The number of ether oxygens (including phenoxy) is 2. The van der Waals surface area contributed by atoms with Crippen LogP contribution in [0.15, 0.2) is 42.9 Å². The van der Waals surface area contributed by atoms with Crippen molar-refractivity contribution in [3.05, 3.63) is 71.1 Å². The Labute approximate surface area is 268 Å². The number of aliphatic carboxylic acids is 1. The predicted octanol–water partition coefficient (Wildman–Crippen LogP) is 7.60. The first-order chi connectivity index (χ1) is 21.9. The van der Waals surface area contributed by atoms with E-state index in [9.17, 15) is 9.90 Å². The van der Waals surface area contributed by atoms with Crippen LogP contribution in [0.25, 0.3) is 44.7 Å². The number of halogens is 1. The predicted molar refractivity (Wildman–Crippen MR) is 175 cm³/mol. The Bertz CT molecular complexity index is 1970. The second-order valence-electron chi connectivity index (χ2n) is 13.0. The quantitative estimate of drug-likeness (QED) is 0.189. The number of hydrogen-bond donors (Lipinski definition) is 1. The van der Waals surface area contributed by atoms with Gasteiger partial charge in [0.05, 0.1) is 29.8 Å². The van der Waals surface area contributed by atoms with E-state index >= 15 is 4.39 Å². The first kappa shape index (κ1) is 31.4. The molecular weight excluding hydrogens is 585 g/mol. The van der Waals surface area contributed by atoms with Gasteiger partial charge in [-0.2, -0.15) is 5.10 Å². The van der Waals surface area contributed by atoms with Crippen molar-refractivity contribution in [2.75, 3.05) is 6.61 Å². The molecule has 0 aliphatic carbocycles. The molecule has 0 bridgehead atoms. The Morgan fingerprint density at radius 3 is 2.70 bits per heavy atom. The van der Waals surface area contributed by atoms with Crippen LogP contribution in [-0.2, 0) is 29.5 Å². The molecule has 4 aromatic heterocycles. The standard InChI is InChI=1S/C36H40FN5O4/c1-8-13-42-19-23(18-39-42)28-15-22(11-12-38-28)29-17-26-31(25-16-27(37)32-24(20(25)2)10-9-14-45-32)30(21(3)40-34(26)41(29)7)33(35(43)44)46-36(4,5)6/h11-12,15-19,33H,8-10,13-14H2,1-7H3,(H,43,44)/t33-/m0/s1. The van der Waals surface area contributed by atoms with Crippen molar-refractivity contribution < 1.29 is 23.8 Å². The minimum Gasteiger partial charge on any atom is -0.490 e. The van der Waals surface area contributed by atoms with Crippen molar-refractivity contribution in [3.63, 3.8) is 0 Å². The summed E-state index contributed by atoms with van der Waals surface area (Å²) in [5, 5.41) is 15.7. The zero-order valence-electron chi connectivity index (χ0n) is 27.4. The molecule has 1 N–H and O–H groups in total. The molecule has 5 aromatic rings. The highest BCUT2D eigenvalue weighted by Crippen LogP contribution is 2.45. The van der Waals surface area contributed by atoms with Crippen LogP contribution in [-0.4, -0.2) is 47.6 Å². The molecule has 0 spiro atoms. The maximum Gasteiger partial charge on any atom is 0.337 e. The molecule has 0 saturated heterocycles. The van der Waals surface area contributed by atoms with E-state index in [0.717, 1.165) is 53.0 Å². The number of carboxylic acids is 1. The number of aromatic nitrogens is 5. The van der Waals surface area contributed by atoms with Gasteiger partial charge in [-0.3, -0.25) is 9.67 Å². The van der Waals surface area contributed by atoms with Crippen LogP contribution in [0.4, 0.5) is 4.39 Å². The van der Waals surface area contributed by atoms with E-state index in [1.807, 2.05) is 74.6 Å². The number of nitrogens with zero attached hydrogens (tertiary/aromatic N) is 5. The summed E-state index contributed by atoms with van der Waals surface area (Å²) in [7, 11) is 1.93. The molecule has 0 fully saturated rings. The SMILES string of the molecule is CCCn1cc(-c2cc(-c3cc4c(-c5cc(F)c6c(c5C)CCCO6)c([C@H](OC(C)(C)C)C(=O)O)c(C)nc4n3C)ccn2)cn1. The maximum absolute atomic E-state index is 15.8. The number of hydrogen-bond acceptors (Lipinski definition) is 6. The molecule has 46 heavy (non-hydrogen) atoms. The molecular formula is C36H40FN5O4. The van der Waals surface area contributed by atoms with Gasteiger partial charge >= 0.3 is 5.97 Å².